The van der Waals surface area contributed by atoms with E-state index in [-0.39, 0.29) is 22.6 Å². The molecular weight excluding hydrogens is 560 g/mol. The number of carbonyl (C=O) groups is 3. The van der Waals surface area contributed by atoms with Crippen molar-refractivity contribution >= 4 is 43.8 Å². The van der Waals surface area contributed by atoms with E-state index in [0.29, 0.717) is 27.0 Å². The van der Waals surface area contributed by atoms with Crippen molar-refractivity contribution in [3.05, 3.63) is 106 Å². The molecule has 196 valence electrons. The van der Waals surface area contributed by atoms with Crippen LogP contribution in [0.5, 0.6) is 0 Å². The van der Waals surface area contributed by atoms with Crippen LogP contribution in [0.4, 0.5) is 13.2 Å². The van der Waals surface area contributed by atoms with E-state index in [1.165, 1.54) is 24.3 Å². The van der Waals surface area contributed by atoms with Gasteiger partial charge >= 0.3 is 185 Å². The standard InChI is InChI=1S/C28H24AsF3N2O4/c30-28(31,32)22-11-9-19(10-12-22)24(25(35)29-23-13-14-23)15-17-1-5-20(6-2-17)26(36)33-16-18-3-7-21(8-4-18)27(37)34-38/h1-12,15,23,29,38H,13-14,16H2,(H,33,36)(H,34,37). The average molecular weight is 584 g/mol. The normalized spacial score (nSPS) is 13.9. The third-order valence-electron chi connectivity index (χ3n) is 5.94. The number of hydrogen-bond acceptors (Lipinski definition) is 4. The van der Waals surface area contributed by atoms with Crippen molar-refractivity contribution in [2.75, 3.05) is 0 Å². The molecule has 1 atom stereocenters. The predicted octanol–water partition coefficient (Wildman–Crippen LogP) is 4.84. The van der Waals surface area contributed by atoms with Gasteiger partial charge in [-0.3, -0.25) is 10.0 Å². The molecule has 0 radical (unpaired) electrons. The fourth-order valence-electron chi connectivity index (χ4n) is 3.63. The number of alkyl halides is 3. The molecule has 38 heavy (non-hydrogen) atoms. The van der Waals surface area contributed by atoms with Gasteiger partial charge in [-0.25, -0.2) is 5.48 Å². The molecule has 0 heterocycles. The van der Waals surface area contributed by atoms with E-state index in [4.69, 9.17) is 5.21 Å². The zero-order valence-electron chi connectivity index (χ0n) is 20.0. The molecule has 1 aliphatic carbocycles. The molecule has 10 heteroatoms. The van der Waals surface area contributed by atoms with E-state index in [9.17, 15) is 27.6 Å². The molecule has 1 fully saturated rings. The maximum absolute atomic E-state index is 13.0. The minimum atomic E-state index is -4.45. The summed E-state index contributed by atoms with van der Waals surface area (Å²) in [6, 6.07) is 17.6. The second-order valence-corrected chi connectivity index (χ2v) is 12.1. The van der Waals surface area contributed by atoms with Crippen LogP contribution in [-0.4, -0.2) is 37.3 Å². The molecular formula is C28H24AsF3N2O4. The van der Waals surface area contributed by atoms with Gasteiger partial charge in [-0.2, -0.15) is 0 Å². The number of hydroxylamine groups is 1. The predicted molar refractivity (Wildman–Crippen MR) is 138 cm³/mol. The first kappa shape index (κ1) is 27.4. The summed E-state index contributed by atoms with van der Waals surface area (Å²) < 4.78 is 39.4. The van der Waals surface area contributed by atoms with Gasteiger partial charge in [0, 0.05) is 5.56 Å². The van der Waals surface area contributed by atoms with Crippen molar-refractivity contribution in [3.8, 4) is 0 Å². The Bertz CT molecular complexity index is 1350. The fourth-order valence-corrected chi connectivity index (χ4v) is 6.14. The van der Waals surface area contributed by atoms with Crippen molar-refractivity contribution in [1.82, 2.24) is 10.8 Å². The van der Waals surface area contributed by atoms with Gasteiger partial charge in [0.05, 0.1) is 0 Å². The zero-order valence-corrected chi connectivity index (χ0v) is 22.1. The topological polar surface area (TPSA) is 95.5 Å². The van der Waals surface area contributed by atoms with E-state index in [1.807, 2.05) is 0 Å². The Morgan fingerprint density at radius 2 is 1.39 bits per heavy atom. The summed E-state index contributed by atoms with van der Waals surface area (Å²) >= 11 is -0.913. The number of carbonyl (C=O) groups excluding carboxylic acids is 3. The number of halogens is 3. The summed E-state index contributed by atoms with van der Waals surface area (Å²) in [5.41, 5.74) is 3.70. The van der Waals surface area contributed by atoms with Gasteiger partial charge in [0.25, 0.3) is 5.91 Å². The van der Waals surface area contributed by atoms with E-state index < -0.39 is 33.4 Å². The Hall–Kier alpha value is -3.68. The Kier molecular flexibility index (Phi) is 8.49. The molecule has 4 rings (SSSR count). The summed E-state index contributed by atoms with van der Waals surface area (Å²) in [4.78, 5) is 37.0. The number of nitrogens with one attached hydrogen (secondary N) is 2. The maximum atomic E-state index is 13.0. The number of hydrogen-bond donors (Lipinski definition) is 3. The van der Waals surface area contributed by atoms with Gasteiger partial charge in [-0.05, 0) is 12.1 Å². The Labute approximate surface area is 223 Å². The molecule has 0 saturated heterocycles. The van der Waals surface area contributed by atoms with Crippen LogP contribution in [0.2, 0.25) is 4.71 Å². The number of rotatable bonds is 9. The van der Waals surface area contributed by atoms with Crippen molar-refractivity contribution in [2.24, 2.45) is 0 Å². The van der Waals surface area contributed by atoms with E-state index in [2.05, 4.69) is 5.32 Å². The van der Waals surface area contributed by atoms with Gasteiger partial charge in [-0.15, -0.1) is 0 Å². The molecule has 1 saturated carbocycles. The number of benzene rings is 3. The molecule has 0 aromatic heterocycles. The van der Waals surface area contributed by atoms with Crippen LogP contribution in [0.1, 0.15) is 55.8 Å². The minimum absolute atomic E-state index is 0.00318. The van der Waals surface area contributed by atoms with Crippen LogP contribution >= 0.6 is 0 Å². The summed E-state index contributed by atoms with van der Waals surface area (Å²) in [5.74, 6) is -0.954. The first-order valence-electron chi connectivity index (χ1n) is 11.8. The average Bonchev–Trinajstić information content (AvgIpc) is 3.74. The van der Waals surface area contributed by atoms with Crippen molar-refractivity contribution < 1.29 is 32.8 Å². The molecule has 3 aromatic carbocycles. The van der Waals surface area contributed by atoms with Crippen LogP contribution < -0.4 is 10.8 Å². The summed E-state index contributed by atoms with van der Waals surface area (Å²) in [5, 5.41) is 11.5. The fraction of sp³-hybridized carbons (Fsp3) is 0.179. The van der Waals surface area contributed by atoms with Crippen molar-refractivity contribution in [2.45, 2.75) is 30.3 Å². The van der Waals surface area contributed by atoms with E-state index >= 15 is 0 Å². The quantitative estimate of drug-likeness (QED) is 0.110. The number of amides is 2. The monoisotopic (exact) mass is 584 g/mol. The molecule has 2 amide bonds. The first-order chi connectivity index (χ1) is 18.1. The summed E-state index contributed by atoms with van der Waals surface area (Å²) in [7, 11) is 0. The van der Waals surface area contributed by atoms with Crippen LogP contribution in [0.25, 0.3) is 11.6 Å². The van der Waals surface area contributed by atoms with Crippen LogP contribution in [-0.2, 0) is 17.5 Å². The Morgan fingerprint density at radius 1 is 0.842 bits per heavy atom. The summed E-state index contributed by atoms with van der Waals surface area (Å²) in [6.45, 7) is 0.222. The second-order valence-electron chi connectivity index (χ2n) is 8.82. The Morgan fingerprint density at radius 3 is 1.95 bits per heavy atom. The third kappa shape index (κ3) is 7.21. The summed E-state index contributed by atoms with van der Waals surface area (Å²) in [6.07, 6.45) is -0.733. The molecule has 6 nitrogen and oxygen atoms in total. The van der Waals surface area contributed by atoms with Gasteiger partial charge < -0.3 is 0 Å². The van der Waals surface area contributed by atoms with E-state index in [1.54, 1.807) is 48.0 Å². The molecule has 1 aliphatic rings. The number of allylic oxidation sites excluding steroid dienone is 1. The molecule has 0 spiro atoms. The van der Waals surface area contributed by atoms with Crippen LogP contribution in [0, 0.1) is 0 Å². The van der Waals surface area contributed by atoms with Gasteiger partial charge in [0.1, 0.15) is 0 Å². The molecule has 1 unspecified atom stereocenters. The molecule has 0 bridgehead atoms. The SMILES string of the molecule is O=C([AsH]C1CC1)C(=Cc1ccc(C(=O)NCc2ccc(C(=O)NO)cc2)cc1)c1ccc(C(F)(F)F)cc1. The van der Waals surface area contributed by atoms with Crippen LogP contribution in [0.15, 0.2) is 72.8 Å². The zero-order chi connectivity index (χ0) is 27.3. The van der Waals surface area contributed by atoms with Crippen molar-refractivity contribution in [1.29, 1.82) is 0 Å². The Balaban J connectivity index is 1.46. The first-order valence-corrected chi connectivity index (χ1v) is 14.0. The second kappa shape index (κ2) is 11.8. The third-order valence-corrected chi connectivity index (χ3v) is 9.12. The molecule has 3 aromatic rings. The van der Waals surface area contributed by atoms with E-state index in [0.717, 1.165) is 30.5 Å². The molecule has 3 N–H and O–H groups in total. The van der Waals surface area contributed by atoms with Crippen LogP contribution in [0.3, 0.4) is 0 Å². The van der Waals surface area contributed by atoms with Gasteiger partial charge in [-0.1, -0.05) is 0 Å². The van der Waals surface area contributed by atoms with Gasteiger partial charge in [0.2, 0.25) is 0 Å². The molecule has 0 aliphatic heterocycles. The van der Waals surface area contributed by atoms with Crippen molar-refractivity contribution in [3.63, 3.8) is 0 Å². The van der Waals surface area contributed by atoms with Gasteiger partial charge in [0.15, 0.2) is 0 Å².